The van der Waals surface area contributed by atoms with E-state index in [0.717, 1.165) is 16.6 Å². The van der Waals surface area contributed by atoms with E-state index in [-0.39, 0.29) is 5.75 Å². The third-order valence-electron chi connectivity index (χ3n) is 3.11. The van der Waals surface area contributed by atoms with Crippen molar-refractivity contribution in [2.75, 3.05) is 5.43 Å². The van der Waals surface area contributed by atoms with Gasteiger partial charge in [0, 0.05) is 5.56 Å². The SMILES string of the molecule is Oc1ccc(C2=NNc3nc4ccccc4nc3O2)cc1. The molecule has 3 aromatic rings. The van der Waals surface area contributed by atoms with E-state index in [1.54, 1.807) is 24.3 Å². The number of hydrogen-bond acceptors (Lipinski definition) is 6. The molecular formula is C15H10N4O2. The predicted molar refractivity (Wildman–Crippen MR) is 78.4 cm³/mol. The summed E-state index contributed by atoms with van der Waals surface area (Å²) in [5, 5.41) is 13.5. The van der Waals surface area contributed by atoms with E-state index in [9.17, 15) is 5.11 Å². The molecule has 1 aliphatic heterocycles. The lowest BCUT2D eigenvalue weighted by Gasteiger charge is -2.16. The zero-order chi connectivity index (χ0) is 14.2. The molecule has 1 aromatic heterocycles. The molecule has 2 N–H and O–H groups in total. The molecule has 1 aliphatic rings. The van der Waals surface area contributed by atoms with E-state index in [1.807, 2.05) is 24.3 Å². The van der Waals surface area contributed by atoms with Crippen LogP contribution in [0.3, 0.4) is 0 Å². The molecule has 0 amide bonds. The quantitative estimate of drug-likeness (QED) is 0.715. The molecule has 102 valence electrons. The van der Waals surface area contributed by atoms with Crippen molar-refractivity contribution in [3.05, 3.63) is 54.1 Å². The number of hydrogen-bond donors (Lipinski definition) is 2. The molecule has 4 rings (SSSR count). The summed E-state index contributed by atoms with van der Waals surface area (Å²) in [6.45, 7) is 0. The summed E-state index contributed by atoms with van der Waals surface area (Å²) in [6, 6.07) is 14.1. The van der Waals surface area contributed by atoms with Gasteiger partial charge in [-0.3, -0.25) is 5.43 Å². The highest BCUT2D eigenvalue weighted by atomic mass is 16.5. The third kappa shape index (κ3) is 2.02. The van der Waals surface area contributed by atoms with E-state index in [1.165, 1.54) is 0 Å². The van der Waals surface area contributed by atoms with Gasteiger partial charge in [-0.2, -0.15) is 0 Å². The van der Waals surface area contributed by atoms with Crippen LogP contribution in [0, 0.1) is 0 Å². The maximum Gasteiger partial charge on any atom is 0.266 e. The fourth-order valence-electron chi connectivity index (χ4n) is 2.07. The fraction of sp³-hybridized carbons (Fsp3) is 0. The van der Waals surface area contributed by atoms with Crippen LogP contribution in [0.2, 0.25) is 0 Å². The van der Waals surface area contributed by atoms with E-state index in [0.29, 0.717) is 17.6 Å². The van der Waals surface area contributed by atoms with Gasteiger partial charge >= 0.3 is 0 Å². The Hall–Kier alpha value is -3.15. The first kappa shape index (κ1) is 11.7. The number of nitrogens with zero attached hydrogens (tertiary/aromatic N) is 3. The van der Waals surface area contributed by atoms with E-state index in [2.05, 4.69) is 20.5 Å². The number of phenols is 1. The zero-order valence-electron chi connectivity index (χ0n) is 10.8. The average molecular weight is 278 g/mol. The number of nitrogens with one attached hydrogen (secondary N) is 1. The largest absolute Gasteiger partial charge is 0.508 e. The highest BCUT2D eigenvalue weighted by Gasteiger charge is 2.19. The lowest BCUT2D eigenvalue weighted by Crippen LogP contribution is -2.19. The summed E-state index contributed by atoms with van der Waals surface area (Å²) in [4.78, 5) is 8.84. The van der Waals surface area contributed by atoms with Crippen LogP contribution in [0.25, 0.3) is 11.0 Å². The molecule has 6 nitrogen and oxygen atoms in total. The summed E-state index contributed by atoms with van der Waals surface area (Å²) in [7, 11) is 0. The second-order valence-corrected chi connectivity index (χ2v) is 4.54. The van der Waals surface area contributed by atoms with Crippen LogP contribution in [-0.4, -0.2) is 21.0 Å². The Morgan fingerprint density at radius 3 is 2.38 bits per heavy atom. The van der Waals surface area contributed by atoms with Crippen molar-refractivity contribution in [1.82, 2.24) is 9.97 Å². The van der Waals surface area contributed by atoms with Gasteiger partial charge in [0.15, 0.2) is 0 Å². The standard InChI is InChI=1S/C15H10N4O2/c20-10-7-5-9(6-8-10)14-19-18-13-15(21-14)17-12-4-2-1-3-11(12)16-13/h1-8,20H,(H,16,18). The molecule has 0 atom stereocenters. The number of rotatable bonds is 1. The molecule has 0 spiro atoms. The van der Waals surface area contributed by atoms with Crippen molar-refractivity contribution in [3.8, 4) is 11.6 Å². The number of fused-ring (bicyclic) bond motifs is 2. The average Bonchev–Trinajstić information content (AvgIpc) is 2.53. The second-order valence-electron chi connectivity index (χ2n) is 4.54. The number of anilines is 1. The lowest BCUT2D eigenvalue weighted by atomic mass is 10.2. The minimum Gasteiger partial charge on any atom is -0.508 e. The minimum atomic E-state index is 0.189. The number of phenolic OH excluding ortho intramolecular Hbond substituents is 1. The summed E-state index contributed by atoms with van der Waals surface area (Å²) >= 11 is 0. The summed E-state index contributed by atoms with van der Waals surface area (Å²) < 4.78 is 5.70. The van der Waals surface area contributed by atoms with Gasteiger partial charge in [-0.05, 0) is 36.4 Å². The van der Waals surface area contributed by atoms with Crippen LogP contribution in [0.4, 0.5) is 5.82 Å². The number of benzene rings is 2. The molecular weight excluding hydrogens is 268 g/mol. The molecule has 0 aliphatic carbocycles. The van der Waals surface area contributed by atoms with Crippen LogP contribution < -0.4 is 10.2 Å². The summed E-state index contributed by atoms with van der Waals surface area (Å²) in [5.41, 5.74) is 5.11. The van der Waals surface area contributed by atoms with E-state index < -0.39 is 0 Å². The molecule has 0 saturated heterocycles. The number of para-hydroxylation sites is 2. The lowest BCUT2D eigenvalue weighted by molar-refractivity contribution is 0.475. The maximum atomic E-state index is 9.31. The zero-order valence-corrected chi connectivity index (χ0v) is 10.8. The Bertz CT molecular complexity index is 859. The Balaban J connectivity index is 1.74. The van der Waals surface area contributed by atoms with Gasteiger partial charge in [-0.25, -0.2) is 9.97 Å². The van der Waals surface area contributed by atoms with Crippen LogP contribution in [0.1, 0.15) is 5.56 Å². The van der Waals surface area contributed by atoms with Gasteiger partial charge < -0.3 is 9.84 Å². The van der Waals surface area contributed by atoms with Gasteiger partial charge in [-0.1, -0.05) is 12.1 Å². The van der Waals surface area contributed by atoms with Gasteiger partial charge in [0.25, 0.3) is 5.88 Å². The van der Waals surface area contributed by atoms with E-state index in [4.69, 9.17) is 4.74 Å². The monoisotopic (exact) mass is 278 g/mol. The first-order valence-electron chi connectivity index (χ1n) is 6.37. The van der Waals surface area contributed by atoms with Crippen molar-refractivity contribution in [2.45, 2.75) is 0 Å². The van der Waals surface area contributed by atoms with E-state index >= 15 is 0 Å². The van der Waals surface area contributed by atoms with Gasteiger partial charge in [0.1, 0.15) is 5.75 Å². The van der Waals surface area contributed by atoms with Crippen molar-refractivity contribution >= 4 is 22.7 Å². The van der Waals surface area contributed by atoms with Crippen LogP contribution >= 0.6 is 0 Å². The first-order chi connectivity index (χ1) is 10.3. The van der Waals surface area contributed by atoms with Crippen LogP contribution in [-0.2, 0) is 0 Å². The predicted octanol–water partition coefficient (Wildman–Crippen LogP) is 2.50. The van der Waals surface area contributed by atoms with Crippen molar-refractivity contribution in [1.29, 1.82) is 0 Å². The molecule has 2 heterocycles. The van der Waals surface area contributed by atoms with Crippen molar-refractivity contribution in [2.24, 2.45) is 5.10 Å². The maximum absolute atomic E-state index is 9.31. The molecule has 0 bridgehead atoms. The number of aromatic hydroxyl groups is 1. The molecule has 0 unspecified atom stereocenters. The molecule has 6 heteroatoms. The Morgan fingerprint density at radius 2 is 1.62 bits per heavy atom. The fourth-order valence-corrected chi connectivity index (χ4v) is 2.07. The molecule has 0 radical (unpaired) electrons. The van der Waals surface area contributed by atoms with Crippen LogP contribution in [0.5, 0.6) is 11.6 Å². The Morgan fingerprint density at radius 1 is 0.905 bits per heavy atom. The second kappa shape index (κ2) is 4.45. The van der Waals surface area contributed by atoms with Gasteiger partial charge in [0.2, 0.25) is 11.7 Å². The van der Waals surface area contributed by atoms with Gasteiger partial charge in [0.05, 0.1) is 11.0 Å². The number of aromatic nitrogens is 2. The number of ether oxygens (including phenoxy) is 1. The smallest absolute Gasteiger partial charge is 0.266 e. The first-order valence-corrected chi connectivity index (χ1v) is 6.37. The Labute approximate surface area is 119 Å². The molecule has 2 aromatic carbocycles. The molecule has 0 fully saturated rings. The van der Waals surface area contributed by atoms with Crippen molar-refractivity contribution < 1.29 is 9.84 Å². The minimum absolute atomic E-state index is 0.189. The number of hydrazone groups is 1. The Kier molecular flexibility index (Phi) is 2.47. The normalized spacial score (nSPS) is 13.0. The highest BCUT2D eigenvalue weighted by molar-refractivity contribution is 5.98. The topological polar surface area (TPSA) is 79.6 Å². The summed E-state index contributed by atoms with van der Waals surface area (Å²) in [5.74, 6) is 1.43. The summed E-state index contributed by atoms with van der Waals surface area (Å²) in [6.07, 6.45) is 0. The third-order valence-corrected chi connectivity index (χ3v) is 3.11. The van der Waals surface area contributed by atoms with Crippen LogP contribution in [0.15, 0.2) is 53.6 Å². The van der Waals surface area contributed by atoms with Gasteiger partial charge in [-0.15, -0.1) is 5.10 Å². The van der Waals surface area contributed by atoms with Crippen molar-refractivity contribution in [3.63, 3.8) is 0 Å². The molecule has 0 saturated carbocycles. The molecule has 21 heavy (non-hydrogen) atoms. The highest BCUT2D eigenvalue weighted by Crippen LogP contribution is 2.27.